The van der Waals surface area contributed by atoms with Crippen LogP contribution < -0.4 is 14.8 Å². The lowest BCUT2D eigenvalue weighted by Crippen LogP contribution is -2.03. The van der Waals surface area contributed by atoms with Crippen LogP contribution in [0.5, 0.6) is 11.5 Å². The summed E-state index contributed by atoms with van der Waals surface area (Å²) in [5, 5.41) is 2.17. The lowest BCUT2D eigenvalue weighted by Gasteiger charge is -2.12. The zero-order chi connectivity index (χ0) is 23.2. The first-order valence-corrected chi connectivity index (χ1v) is 11.9. The van der Waals surface area contributed by atoms with Crippen molar-refractivity contribution >= 4 is 34.7 Å². The SMILES string of the molecule is COc1ccc2c3ccc(OC)cc3n(-c3cccc(-c4cccc(P(=O)(O)O)c4)c3)c2c1. The minimum absolute atomic E-state index is 0.00302. The van der Waals surface area contributed by atoms with Gasteiger partial charge in [-0.05, 0) is 59.7 Å². The second kappa shape index (κ2) is 8.09. The molecule has 7 heteroatoms. The number of rotatable bonds is 5. The van der Waals surface area contributed by atoms with Crippen LogP contribution in [-0.2, 0) is 4.57 Å². The zero-order valence-electron chi connectivity index (χ0n) is 18.1. The Kier molecular flexibility index (Phi) is 5.22. The normalized spacial score (nSPS) is 11.8. The van der Waals surface area contributed by atoms with Gasteiger partial charge in [-0.15, -0.1) is 0 Å². The molecule has 0 bridgehead atoms. The molecule has 0 radical (unpaired) electrons. The first-order valence-electron chi connectivity index (χ1n) is 10.3. The molecule has 0 atom stereocenters. The molecule has 2 N–H and O–H groups in total. The third-order valence-corrected chi connectivity index (χ3v) is 6.75. The molecule has 1 aromatic heterocycles. The summed E-state index contributed by atoms with van der Waals surface area (Å²) < 4.78 is 24.9. The summed E-state index contributed by atoms with van der Waals surface area (Å²) in [4.78, 5) is 19.2. The van der Waals surface area contributed by atoms with E-state index < -0.39 is 7.60 Å². The number of aromatic nitrogens is 1. The predicted molar refractivity (Wildman–Crippen MR) is 131 cm³/mol. The van der Waals surface area contributed by atoms with E-state index in [9.17, 15) is 14.4 Å². The highest BCUT2D eigenvalue weighted by molar-refractivity contribution is 7.60. The average Bonchev–Trinajstić information content (AvgIpc) is 3.16. The van der Waals surface area contributed by atoms with Crippen LogP contribution in [0.4, 0.5) is 0 Å². The second-order valence-electron chi connectivity index (χ2n) is 7.75. The molecule has 0 aliphatic heterocycles. The van der Waals surface area contributed by atoms with E-state index in [1.54, 1.807) is 20.3 Å². The Morgan fingerprint density at radius 1 is 0.697 bits per heavy atom. The molecule has 0 unspecified atom stereocenters. The number of benzene rings is 4. The fourth-order valence-electron chi connectivity index (χ4n) is 4.20. The molecule has 5 aromatic rings. The highest BCUT2D eigenvalue weighted by Crippen LogP contribution is 2.37. The van der Waals surface area contributed by atoms with Gasteiger partial charge in [-0.3, -0.25) is 4.57 Å². The van der Waals surface area contributed by atoms with Gasteiger partial charge in [0.05, 0.1) is 30.6 Å². The van der Waals surface area contributed by atoms with Crippen LogP contribution in [0.2, 0.25) is 0 Å². The average molecular weight is 459 g/mol. The Bertz CT molecular complexity index is 1490. The summed E-state index contributed by atoms with van der Waals surface area (Å²) >= 11 is 0. The number of hydrogen-bond acceptors (Lipinski definition) is 3. The Balaban J connectivity index is 1.76. The van der Waals surface area contributed by atoms with Crippen molar-refractivity contribution in [2.24, 2.45) is 0 Å². The number of hydrogen-bond donors (Lipinski definition) is 2. The van der Waals surface area contributed by atoms with Crippen LogP contribution in [0.15, 0.2) is 84.9 Å². The van der Waals surface area contributed by atoms with E-state index in [1.807, 2.05) is 66.7 Å². The lowest BCUT2D eigenvalue weighted by atomic mass is 10.1. The number of fused-ring (bicyclic) bond motifs is 3. The number of methoxy groups -OCH3 is 2. The van der Waals surface area contributed by atoms with Crippen molar-refractivity contribution in [3.63, 3.8) is 0 Å². The van der Waals surface area contributed by atoms with Gasteiger partial charge in [0.25, 0.3) is 0 Å². The fraction of sp³-hybridized carbons (Fsp3) is 0.0769. The van der Waals surface area contributed by atoms with Crippen molar-refractivity contribution in [3.8, 4) is 28.3 Å². The van der Waals surface area contributed by atoms with Gasteiger partial charge in [0.2, 0.25) is 0 Å². The molecule has 0 aliphatic carbocycles. The first-order chi connectivity index (χ1) is 15.9. The number of nitrogens with zero attached hydrogens (tertiary/aromatic N) is 1. The third-order valence-electron chi connectivity index (χ3n) is 5.80. The summed E-state index contributed by atoms with van der Waals surface area (Å²) in [5.41, 5.74) is 4.46. The minimum atomic E-state index is -4.34. The lowest BCUT2D eigenvalue weighted by molar-refractivity contribution is 0.387. The van der Waals surface area contributed by atoms with Gasteiger partial charge < -0.3 is 23.8 Å². The summed E-state index contributed by atoms with van der Waals surface area (Å²) in [6.45, 7) is 0. The van der Waals surface area contributed by atoms with Crippen molar-refractivity contribution in [2.75, 3.05) is 14.2 Å². The molecule has 0 spiro atoms. The van der Waals surface area contributed by atoms with E-state index in [1.165, 1.54) is 12.1 Å². The standard InChI is InChI=1S/C26H22NO5P/c1-31-20-9-11-23-24-12-10-21(32-2)16-26(24)27(25(23)15-20)19-7-3-5-17(13-19)18-6-4-8-22(14-18)33(28,29)30/h3-16H,1-2H3,(H2,28,29,30). The monoisotopic (exact) mass is 459 g/mol. The fourth-order valence-corrected chi connectivity index (χ4v) is 4.79. The Morgan fingerprint density at radius 3 is 1.79 bits per heavy atom. The van der Waals surface area contributed by atoms with Crippen LogP contribution in [0.1, 0.15) is 0 Å². The molecular weight excluding hydrogens is 437 g/mol. The van der Waals surface area contributed by atoms with Gasteiger partial charge in [0, 0.05) is 28.6 Å². The Hall–Kier alpha value is -3.57. The van der Waals surface area contributed by atoms with E-state index >= 15 is 0 Å². The molecule has 0 fully saturated rings. The van der Waals surface area contributed by atoms with Crippen LogP contribution >= 0.6 is 7.60 Å². The van der Waals surface area contributed by atoms with E-state index in [0.717, 1.165) is 50.1 Å². The molecular formula is C26H22NO5P. The summed E-state index contributed by atoms with van der Waals surface area (Å²) in [5.74, 6) is 1.51. The van der Waals surface area contributed by atoms with E-state index in [-0.39, 0.29) is 5.30 Å². The summed E-state index contributed by atoms with van der Waals surface area (Å²) in [6, 6.07) is 26.4. The van der Waals surface area contributed by atoms with Crippen molar-refractivity contribution in [1.29, 1.82) is 0 Å². The molecule has 4 aromatic carbocycles. The summed E-state index contributed by atoms with van der Waals surface area (Å²) in [7, 11) is -1.05. The van der Waals surface area contributed by atoms with Gasteiger partial charge in [-0.1, -0.05) is 24.3 Å². The smallest absolute Gasteiger partial charge is 0.356 e. The minimum Gasteiger partial charge on any atom is -0.497 e. The van der Waals surface area contributed by atoms with E-state index in [0.29, 0.717) is 0 Å². The maximum atomic E-state index is 11.8. The molecule has 0 aliphatic rings. The molecule has 0 saturated carbocycles. The molecule has 33 heavy (non-hydrogen) atoms. The second-order valence-corrected chi connectivity index (χ2v) is 9.35. The van der Waals surface area contributed by atoms with Crippen LogP contribution in [0.3, 0.4) is 0 Å². The Morgan fingerprint density at radius 2 is 1.24 bits per heavy atom. The van der Waals surface area contributed by atoms with Crippen LogP contribution in [0.25, 0.3) is 38.6 Å². The van der Waals surface area contributed by atoms with Crippen molar-refractivity contribution in [3.05, 3.63) is 84.9 Å². The molecule has 0 amide bonds. The van der Waals surface area contributed by atoms with Crippen molar-refractivity contribution < 1.29 is 23.8 Å². The topological polar surface area (TPSA) is 80.9 Å². The molecule has 5 rings (SSSR count). The highest BCUT2D eigenvalue weighted by atomic mass is 31.2. The van der Waals surface area contributed by atoms with Gasteiger partial charge in [0.1, 0.15) is 11.5 Å². The maximum absolute atomic E-state index is 11.8. The summed E-state index contributed by atoms with van der Waals surface area (Å²) in [6.07, 6.45) is 0. The molecule has 166 valence electrons. The Labute approximate surface area is 190 Å². The quantitative estimate of drug-likeness (QED) is 0.350. The van der Waals surface area contributed by atoms with Crippen molar-refractivity contribution in [1.82, 2.24) is 4.57 Å². The van der Waals surface area contributed by atoms with Crippen LogP contribution in [-0.4, -0.2) is 28.6 Å². The highest BCUT2D eigenvalue weighted by Gasteiger charge is 2.18. The van der Waals surface area contributed by atoms with Gasteiger partial charge in [-0.2, -0.15) is 0 Å². The maximum Gasteiger partial charge on any atom is 0.356 e. The molecule has 1 heterocycles. The largest absolute Gasteiger partial charge is 0.497 e. The van der Waals surface area contributed by atoms with Gasteiger partial charge >= 0.3 is 7.60 Å². The third kappa shape index (κ3) is 3.79. The van der Waals surface area contributed by atoms with E-state index in [4.69, 9.17) is 9.47 Å². The molecule has 6 nitrogen and oxygen atoms in total. The predicted octanol–water partition coefficient (Wildman–Crippen LogP) is 5.27. The zero-order valence-corrected chi connectivity index (χ0v) is 19.0. The first kappa shape index (κ1) is 21.3. The van der Waals surface area contributed by atoms with Crippen molar-refractivity contribution in [2.45, 2.75) is 0 Å². The van der Waals surface area contributed by atoms with Gasteiger partial charge in [-0.25, -0.2) is 0 Å². The van der Waals surface area contributed by atoms with E-state index in [2.05, 4.69) is 4.57 Å². The van der Waals surface area contributed by atoms with Crippen LogP contribution in [0, 0.1) is 0 Å². The molecule has 0 saturated heterocycles. The van der Waals surface area contributed by atoms with Gasteiger partial charge in [0.15, 0.2) is 0 Å². The number of ether oxygens (including phenoxy) is 2.